The number of nitrogens with zero attached hydrogens (tertiary/aromatic N) is 1. The molecule has 0 saturated carbocycles. The number of halogens is 3. The molecule has 0 saturated heterocycles. The van der Waals surface area contributed by atoms with E-state index in [9.17, 15) is 13.6 Å². The van der Waals surface area contributed by atoms with Crippen molar-refractivity contribution in [1.82, 2.24) is 15.3 Å². The van der Waals surface area contributed by atoms with Gasteiger partial charge in [0.25, 0.3) is 5.91 Å². The van der Waals surface area contributed by atoms with Crippen LogP contribution in [0.1, 0.15) is 16.2 Å². The molecule has 1 aromatic heterocycles. The zero-order valence-electron chi connectivity index (χ0n) is 9.71. The van der Waals surface area contributed by atoms with Gasteiger partial charge >= 0.3 is 0 Å². The average molecular weight is 286 g/mol. The second-order valence-electron chi connectivity index (χ2n) is 3.79. The van der Waals surface area contributed by atoms with Crippen LogP contribution in [0.2, 0.25) is 5.02 Å². The fraction of sp³-hybridized carbons (Fsp3) is 0.167. The van der Waals surface area contributed by atoms with Gasteiger partial charge in [0.1, 0.15) is 5.82 Å². The molecule has 2 aromatic rings. The highest BCUT2D eigenvalue weighted by Crippen LogP contribution is 2.19. The number of rotatable bonds is 4. The van der Waals surface area contributed by atoms with Gasteiger partial charge in [0, 0.05) is 25.4 Å². The maximum Gasteiger partial charge on any atom is 0.252 e. The van der Waals surface area contributed by atoms with E-state index in [0.717, 1.165) is 18.0 Å². The standard InChI is InChI=1S/C12H10ClF2N3O/c13-8-6-10(15)9(14)5-7(8)12(19)18-2-1-11-16-3-4-17-11/h3-6H,1-2H2,(H,16,17)(H,18,19). The first-order valence-electron chi connectivity index (χ1n) is 5.49. The molecule has 0 aliphatic heterocycles. The topological polar surface area (TPSA) is 57.8 Å². The van der Waals surface area contributed by atoms with E-state index in [2.05, 4.69) is 15.3 Å². The lowest BCUT2D eigenvalue weighted by Crippen LogP contribution is -2.26. The van der Waals surface area contributed by atoms with Crippen molar-refractivity contribution in [2.24, 2.45) is 0 Å². The molecular formula is C12H10ClF2N3O. The summed E-state index contributed by atoms with van der Waals surface area (Å²) in [6, 6.07) is 1.55. The predicted octanol–water partition coefficient (Wildman–Crippen LogP) is 2.31. The molecule has 0 aliphatic carbocycles. The van der Waals surface area contributed by atoms with Crippen molar-refractivity contribution in [2.75, 3.05) is 6.54 Å². The van der Waals surface area contributed by atoms with E-state index in [1.54, 1.807) is 12.4 Å². The number of amides is 1. The maximum absolute atomic E-state index is 13.0. The van der Waals surface area contributed by atoms with E-state index in [1.165, 1.54) is 0 Å². The highest BCUT2D eigenvalue weighted by Gasteiger charge is 2.14. The Morgan fingerprint density at radius 1 is 1.37 bits per heavy atom. The molecule has 0 atom stereocenters. The minimum absolute atomic E-state index is 0.0972. The van der Waals surface area contributed by atoms with Crippen molar-refractivity contribution in [3.63, 3.8) is 0 Å². The molecule has 1 amide bonds. The van der Waals surface area contributed by atoms with E-state index in [-0.39, 0.29) is 10.6 Å². The van der Waals surface area contributed by atoms with Gasteiger partial charge in [-0.1, -0.05) is 11.6 Å². The third-order valence-electron chi connectivity index (χ3n) is 2.46. The van der Waals surface area contributed by atoms with Gasteiger partial charge in [0.2, 0.25) is 0 Å². The van der Waals surface area contributed by atoms with Crippen molar-refractivity contribution in [1.29, 1.82) is 0 Å². The average Bonchev–Trinajstić information content (AvgIpc) is 2.86. The lowest BCUT2D eigenvalue weighted by atomic mass is 10.2. The van der Waals surface area contributed by atoms with Crippen molar-refractivity contribution < 1.29 is 13.6 Å². The number of hydrogen-bond donors (Lipinski definition) is 2. The molecule has 0 bridgehead atoms. The van der Waals surface area contributed by atoms with Gasteiger partial charge in [-0.3, -0.25) is 4.79 Å². The number of imidazole rings is 1. The number of carbonyl (C=O) groups excluding carboxylic acids is 1. The van der Waals surface area contributed by atoms with Gasteiger partial charge in [-0.15, -0.1) is 0 Å². The van der Waals surface area contributed by atoms with Gasteiger partial charge < -0.3 is 10.3 Å². The first kappa shape index (κ1) is 13.5. The Balaban J connectivity index is 1.98. The van der Waals surface area contributed by atoms with E-state index < -0.39 is 17.5 Å². The van der Waals surface area contributed by atoms with Gasteiger partial charge in [0.15, 0.2) is 11.6 Å². The van der Waals surface area contributed by atoms with Crippen LogP contribution in [0.25, 0.3) is 0 Å². The Labute approximate surface area is 112 Å². The smallest absolute Gasteiger partial charge is 0.252 e. The van der Waals surface area contributed by atoms with Crippen molar-refractivity contribution in [2.45, 2.75) is 6.42 Å². The Bertz CT molecular complexity index is 587. The summed E-state index contributed by atoms with van der Waals surface area (Å²) in [7, 11) is 0. The first-order valence-corrected chi connectivity index (χ1v) is 5.86. The van der Waals surface area contributed by atoms with Crippen LogP contribution in [-0.2, 0) is 6.42 Å². The van der Waals surface area contributed by atoms with E-state index in [0.29, 0.717) is 13.0 Å². The summed E-state index contributed by atoms with van der Waals surface area (Å²) in [5.74, 6) is -2.04. The van der Waals surface area contributed by atoms with Gasteiger partial charge in [-0.2, -0.15) is 0 Å². The Morgan fingerprint density at radius 3 is 2.79 bits per heavy atom. The fourth-order valence-electron chi connectivity index (χ4n) is 1.52. The predicted molar refractivity (Wildman–Crippen MR) is 66.0 cm³/mol. The molecule has 0 unspecified atom stereocenters. The van der Waals surface area contributed by atoms with Crippen molar-refractivity contribution in [3.8, 4) is 0 Å². The second kappa shape index (κ2) is 5.79. The highest BCUT2D eigenvalue weighted by atomic mass is 35.5. The molecule has 0 fully saturated rings. The van der Waals surface area contributed by atoms with E-state index >= 15 is 0 Å². The normalized spacial score (nSPS) is 10.5. The number of hydrogen-bond acceptors (Lipinski definition) is 2. The fourth-order valence-corrected chi connectivity index (χ4v) is 1.76. The molecule has 7 heteroatoms. The van der Waals surface area contributed by atoms with Crippen LogP contribution >= 0.6 is 11.6 Å². The molecule has 2 rings (SSSR count). The summed E-state index contributed by atoms with van der Waals surface area (Å²) in [6.07, 6.45) is 3.77. The molecule has 4 nitrogen and oxygen atoms in total. The van der Waals surface area contributed by atoms with Crippen molar-refractivity contribution >= 4 is 17.5 Å². The number of nitrogens with one attached hydrogen (secondary N) is 2. The third kappa shape index (κ3) is 3.29. The molecule has 100 valence electrons. The van der Waals surface area contributed by atoms with Crippen LogP contribution in [-0.4, -0.2) is 22.4 Å². The summed E-state index contributed by atoms with van der Waals surface area (Å²) in [6.45, 7) is 0.307. The molecule has 1 heterocycles. The Hall–Kier alpha value is -1.95. The summed E-state index contributed by atoms with van der Waals surface area (Å²) in [5, 5.41) is 2.42. The van der Waals surface area contributed by atoms with Crippen LogP contribution in [0.3, 0.4) is 0 Å². The molecule has 0 radical (unpaired) electrons. The number of H-pyrrole nitrogens is 1. The molecule has 19 heavy (non-hydrogen) atoms. The summed E-state index contributed by atoms with van der Waals surface area (Å²) in [5.41, 5.74) is -0.0972. The summed E-state index contributed by atoms with van der Waals surface area (Å²) >= 11 is 5.69. The molecule has 0 aliphatic rings. The quantitative estimate of drug-likeness (QED) is 0.847. The first-order chi connectivity index (χ1) is 9.08. The highest BCUT2D eigenvalue weighted by molar-refractivity contribution is 6.33. The lowest BCUT2D eigenvalue weighted by Gasteiger charge is -2.06. The molecule has 0 spiro atoms. The minimum atomic E-state index is -1.11. The van der Waals surface area contributed by atoms with E-state index in [4.69, 9.17) is 11.6 Å². The zero-order valence-corrected chi connectivity index (χ0v) is 10.5. The van der Waals surface area contributed by atoms with E-state index in [1.807, 2.05) is 0 Å². The number of aromatic amines is 1. The number of aromatic nitrogens is 2. The number of carbonyl (C=O) groups is 1. The largest absolute Gasteiger partial charge is 0.352 e. The summed E-state index contributed by atoms with van der Waals surface area (Å²) in [4.78, 5) is 18.6. The van der Waals surface area contributed by atoms with Gasteiger partial charge in [0.05, 0.1) is 10.6 Å². The number of benzene rings is 1. The molecule has 1 aromatic carbocycles. The Kier molecular flexibility index (Phi) is 4.11. The van der Waals surface area contributed by atoms with Gasteiger partial charge in [-0.25, -0.2) is 13.8 Å². The van der Waals surface area contributed by atoms with Crippen LogP contribution < -0.4 is 5.32 Å². The lowest BCUT2D eigenvalue weighted by molar-refractivity contribution is 0.0953. The minimum Gasteiger partial charge on any atom is -0.352 e. The van der Waals surface area contributed by atoms with Crippen molar-refractivity contribution in [3.05, 3.63) is 52.6 Å². The molecular weight excluding hydrogens is 276 g/mol. The monoisotopic (exact) mass is 285 g/mol. The SMILES string of the molecule is O=C(NCCc1ncc[nH]1)c1cc(F)c(F)cc1Cl. The van der Waals surface area contributed by atoms with Gasteiger partial charge in [-0.05, 0) is 12.1 Å². The molecule has 2 N–H and O–H groups in total. The third-order valence-corrected chi connectivity index (χ3v) is 2.77. The summed E-state index contributed by atoms with van der Waals surface area (Å²) < 4.78 is 25.9. The van der Waals surface area contributed by atoms with Crippen LogP contribution in [0, 0.1) is 11.6 Å². The zero-order chi connectivity index (χ0) is 13.8. The Morgan fingerprint density at radius 2 is 2.11 bits per heavy atom. The van der Waals surface area contributed by atoms with Crippen LogP contribution in [0.15, 0.2) is 24.5 Å². The van der Waals surface area contributed by atoms with Crippen LogP contribution in [0.5, 0.6) is 0 Å². The maximum atomic E-state index is 13.0. The second-order valence-corrected chi connectivity index (χ2v) is 4.20. The van der Waals surface area contributed by atoms with Crippen LogP contribution in [0.4, 0.5) is 8.78 Å².